The monoisotopic (exact) mass is 204 g/mol. The third kappa shape index (κ3) is 7.54. The average molecular weight is 204 g/mol. The SMILES string of the molecule is CCOCOC(=O)CCC(=O)OCC. The van der Waals surface area contributed by atoms with Gasteiger partial charge in [-0.25, -0.2) is 0 Å². The van der Waals surface area contributed by atoms with Crippen molar-refractivity contribution in [3.63, 3.8) is 0 Å². The third-order valence-electron chi connectivity index (χ3n) is 1.35. The van der Waals surface area contributed by atoms with E-state index in [1.807, 2.05) is 0 Å². The van der Waals surface area contributed by atoms with E-state index < -0.39 is 5.97 Å². The summed E-state index contributed by atoms with van der Waals surface area (Å²) in [7, 11) is 0. The van der Waals surface area contributed by atoms with Crippen LogP contribution in [0.4, 0.5) is 0 Å². The largest absolute Gasteiger partial charge is 0.466 e. The van der Waals surface area contributed by atoms with E-state index in [2.05, 4.69) is 9.47 Å². The van der Waals surface area contributed by atoms with Crippen LogP contribution in [-0.4, -0.2) is 31.9 Å². The maximum Gasteiger partial charge on any atom is 0.308 e. The summed E-state index contributed by atoms with van der Waals surface area (Å²) in [6, 6.07) is 0. The van der Waals surface area contributed by atoms with Crippen LogP contribution in [0.3, 0.4) is 0 Å². The molecule has 0 heterocycles. The van der Waals surface area contributed by atoms with Crippen LogP contribution in [0.5, 0.6) is 0 Å². The molecule has 82 valence electrons. The van der Waals surface area contributed by atoms with Gasteiger partial charge in [-0.1, -0.05) is 0 Å². The maximum atomic E-state index is 10.9. The smallest absolute Gasteiger partial charge is 0.308 e. The number of hydrogen-bond acceptors (Lipinski definition) is 5. The van der Waals surface area contributed by atoms with Crippen LogP contribution in [0.1, 0.15) is 26.7 Å². The Labute approximate surface area is 83.3 Å². The van der Waals surface area contributed by atoms with Crippen molar-refractivity contribution in [3.05, 3.63) is 0 Å². The van der Waals surface area contributed by atoms with Crippen molar-refractivity contribution >= 4 is 11.9 Å². The van der Waals surface area contributed by atoms with Crippen LogP contribution in [0.2, 0.25) is 0 Å². The molecular formula is C9H16O5. The Morgan fingerprint density at radius 1 is 0.929 bits per heavy atom. The van der Waals surface area contributed by atoms with Gasteiger partial charge in [-0.05, 0) is 13.8 Å². The summed E-state index contributed by atoms with van der Waals surface area (Å²) >= 11 is 0. The molecule has 0 aromatic carbocycles. The number of hydrogen-bond donors (Lipinski definition) is 0. The van der Waals surface area contributed by atoms with Crippen LogP contribution in [0.25, 0.3) is 0 Å². The van der Waals surface area contributed by atoms with Gasteiger partial charge in [-0.3, -0.25) is 9.59 Å². The fraction of sp³-hybridized carbons (Fsp3) is 0.778. The van der Waals surface area contributed by atoms with Gasteiger partial charge in [0.1, 0.15) is 0 Å². The third-order valence-corrected chi connectivity index (χ3v) is 1.35. The number of carbonyl (C=O) groups is 2. The molecule has 0 aromatic rings. The molecule has 5 heteroatoms. The zero-order valence-corrected chi connectivity index (χ0v) is 8.58. The molecule has 0 radical (unpaired) electrons. The van der Waals surface area contributed by atoms with Gasteiger partial charge in [-0.15, -0.1) is 0 Å². The standard InChI is InChI=1S/C9H16O5/c1-3-12-7-14-9(11)6-5-8(10)13-4-2/h3-7H2,1-2H3. The van der Waals surface area contributed by atoms with Gasteiger partial charge in [0.25, 0.3) is 0 Å². The molecule has 0 amide bonds. The molecule has 0 saturated carbocycles. The first-order chi connectivity index (χ1) is 6.70. The molecule has 0 atom stereocenters. The van der Waals surface area contributed by atoms with Crippen LogP contribution in [-0.2, 0) is 23.8 Å². The molecule has 0 bridgehead atoms. The first kappa shape index (κ1) is 12.9. The highest BCUT2D eigenvalue weighted by Gasteiger charge is 2.07. The first-order valence-corrected chi connectivity index (χ1v) is 4.59. The minimum atomic E-state index is -0.452. The Bertz CT molecular complexity index is 178. The summed E-state index contributed by atoms with van der Waals surface area (Å²) in [4.78, 5) is 21.7. The van der Waals surface area contributed by atoms with E-state index in [1.165, 1.54) is 0 Å². The molecule has 0 fully saturated rings. The summed E-state index contributed by atoms with van der Waals surface area (Å²) in [5, 5.41) is 0. The molecule has 0 N–H and O–H groups in total. The van der Waals surface area contributed by atoms with Crippen molar-refractivity contribution in [3.8, 4) is 0 Å². The van der Waals surface area contributed by atoms with Crippen molar-refractivity contribution in [1.29, 1.82) is 0 Å². The Hall–Kier alpha value is -1.10. The molecule has 14 heavy (non-hydrogen) atoms. The van der Waals surface area contributed by atoms with Crippen molar-refractivity contribution in [2.45, 2.75) is 26.7 Å². The summed E-state index contributed by atoms with van der Waals surface area (Å²) in [5.74, 6) is -0.840. The molecule has 0 spiro atoms. The van der Waals surface area contributed by atoms with E-state index in [9.17, 15) is 9.59 Å². The molecule has 0 aromatic heterocycles. The lowest BCUT2D eigenvalue weighted by atomic mass is 10.3. The van der Waals surface area contributed by atoms with Crippen molar-refractivity contribution in [2.75, 3.05) is 20.0 Å². The number of esters is 2. The first-order valence-electron chi connectivity index (χ1n) is 4.59. The summed E-state index contributed by atoms with van der Waals surface area (Å²) in [5.41, 5.74) is 0. The van der Waals surface area contributed by atoms with Gasteiger partial charge in [0.05, 0.1) is 19.4 Å². The van der Waals surface area contributed by atoms with Crippen LogP contribution < -0.4 is 0 Å². The highest BCUT2D eigenvalue weighted by Crippen LogP contribution is 1.95. The minimum Gasteiger partial charge on any atom is -0.466 e. The molecule has 0 unspecified atom stereocenters. The summed E-state index contributed by atoms with van der Waals surface area (Å²) < 4.78 is 14.1. The van der Waals surface area contributed by atoms with Crippen LogP contribution >= 0.6 is 0 Å². The fourth-order valence-electron chi connectivity index (χ4n) is 0.700. The topological polar surface area (TPSA) is 61.8 Å². The average Bonchev–Trinajstić information content (AvgIpc) is 2.16. The van der Waals surface area contributed by atoms with Gasteiger partial charge in [0, 0.05) is 6.61 Å². The van der Waals surface area contributed by atoms with E-state index in [1.54, 1.807) is 13.8 Å². The minimum absolute atomic E-state index is 0.0336. The molecule has 0 aliphatic rings. The molecule has 0 aliphatic heterocycles. The number of rotatable bonds is 7. The Kier molecular flexibility index (Phi) is 7.83. The predicted octanol–water partition coefficient (Wildman–Crippen LogP) is 0.867. The zero-order valence-electron chi connectivity index (χ0n) is 8.58. The van der Waals surface area contributed by atoms with Gasteiger partial charge in [0.15, 0.2) is 6.79 Å². The van der Waals surface area contributed by atoms with E-state index in [0.29, 0.717) is 13.2 Å². The highest BCUT2D eigenvalue weighted by molar-refractivity contribution is 5.77. The van der Waals surface area contributed by atoms with Crippen molar-refractivity contribution in [1.82, 2.24) is 0 Å². The molecule has 5 nitrogen and oxygen atoms in total. The Morgan fingerprint density at radius 2 is 1.50 bits per heavy atom. The van der Waals surface area contributed by atoms with Gasteiger partial charge < -0.3 is 14.2 Å². The maximum absolute atomic E-state index is 10.9. The second-order valence-electron chi connectivity index (χ2n) is 2.43. The van der Waals surface area contributed by atoms with Gasteiger partial charge >= 0.3 is 11.9 Å². The van der Waals surface area contributed by atoms with E-state index in [4.69, 9.17) is 4.74 Å². The molecule has 0 saturated heterocycles. The fourth-order valence-corrected chi connectivity index (χ4v) is 0.700. The summed E-state index contributed by atoms with van der Waals surface area (Å²) in [6.07, 6.45) is 0.0880. The number of carbonyl (C=O) groups excluding carboxylic acids is 2. The van der Waals surface area contributed by atoms with E-state index >= 15 is 0 Å². The van der Waals surface area contributed by atoms with E-state index in [-0.39, 0.29) is 25.6 Å². The second-order valence-corrected chi connectivity index (χ2v) is 2.43. The van der Waals surface area contributed by atoms with Crippen LogP contribution in [0.15, 0.2) is 0 Å². The predicted molar refractivity (Wildman–Crippen MR) is 48.5 cm³/mol. The van der Waals surface area contributed by atoms with Gasteiger partial charge in [0.2, 0.25) is 0 Å². The summed E-state index contributed by atoms with van der Waals surface area (Å²) in [6.45, 7) is 4.27. The van der Waals surface area contributed by atoms with Crippen LogP contribution in [0, 0.1) is 0 Å². The lowest BCUT2D eigenvalue weighted by Gasteiger charge is -2.04. The normalized spacial score (nSPS) is 9.57. The van der Waals surface area contributed by atoms with Gasteiger partial charge in [-0.2, -0.15) is 0 Å². The molecule has 0 aliphatic carbocycles. The highest BCUT2D eigenvalue weighted by atomic mass is 16.7. The molecular weight excluding hydrogens is 188 g/mol. The lowest BCUT2D eigenvalue weighted by molar-refractivity contribution is -0.158. The second kappa shape index (κ2) is 8.50. The van der Waals surface area contributed by atoms with Crippen molar-refractivity contribution in [2.24, 2.45) is 0 Å². The quantitative estimate of drug-likeness (QED) is 0.350. The lowest BCUT2D eigenvalue weighted by Crippen LogP contribution is -2.11. The number of ether oxygens (including phenoxy) is 3. The Balaban J connectivity index is 3.39. The van der Waals surface area contributed by atoms with E-state index in [0.717, 1.165) is 0 Å². The zero-order chi connectivity index (χ0) is 10.8. The Morgan fingerprint density at radius 3 is 2.00 bits per heavy atom. The molecule has 0 rings (SSSR count). The van der Waals surface area contributed by atoms with Crippen molar-refractivity contribution < 1.29 is 23.8 Å².